The van der Waals surface area contributed by atoms with Gasteiger partial charge in [-0.15, -0.1) is 6.42 Å². The molecule has 2 aliphatic rings. The molecule has 1 spiro atoms. The van der Waals surface area contributed by atoms with Gasteiger partial charge in [-0.25, -0.2) is 8.42 Å². The predicted molar refractivity (Wildman–Crippen MR) is 57.3 cm³/mol. The first-order valence-corrected chi connectivity index (χ1v) is 6.69. The van der Waals surface area contributed by atoms with E-state index in [4.69, 9.17) is 11.5 Å². The van der Waals surface area contributed by atoms with Crippen LogP contribution < -0.4 is 5.32 Å². The number of aliphatic carboxylic acids is 1. The lowest BCUT2D eigenvalue weighted by atomic mass is 10.1. The molecule has 0 bridgehead atoms. The van der Waals surface area contributed by atoms with Crippen LogP contribution in [0.4, 0.5) is 0 Å². The van der Waals surface area contributed by atoms with Gasteiger partial charge in [0.15, 0.2) is 9.84 Å². The van der Waals surface area contributed by atoms with E-state index in [1.807, 2.05) is 0 Å². The molecule has 1 aliphatic carbocycles. The van der Waals surface area contributed by atoms with Gasteiger partial charge in [-0.2, -0.15) is 0 Å². The first-order valence-electron chi connectivity index (χ1n) is 5.15. The van der Waals surface area contributed by atoms with Crippen LogP contribution in [0, 0.1) is 12.3 Å². The Morgan fingerprint density at radius 1 is 1.44 bits per heavy atom. The van der Waals surface area contributed by atoms with Crippen LogP contribution in [-0.2, 0) is 14.6 Å². The zero-order valence-corrected chi connectivity index (χ0v) is 9.46. The number of hydrogen-bond acceptors (Lipinski definition) is 4. The number of sulfone groups is 1. The van der Waals surface area contributed by atoms with Gasteiger partial charge in [-0.05, 0) is 12.8 Å². The monoisotopic (exact) mass is 243 g/mol. The van der Waals surface area contributed by atoms with Crippen molar-refractivity contribution in [2.24, 2.45) is 0 Å². The standard InChI is InChI=1S/C10H13NO4S/c1-2-7-8(9(12)13)11-10(16(7,14)15)5-3-4-6-10/h1,7-8,11H,3-6H2,(H,12,13). The summed E-state index contributed by atoms with van der Waals surface area (Å²) in [5.74, 6) is 0.907. The summed E-state index contributed by atoms with van der Waals surface area (Å²) in [7, 11) is -3.60. The smallest absolute Gasteiger partial charge is 0.323 e. The van der Waals surface area contributed by atoms with E-state index in [1.165, 1.54) is 0 Å². The van der Waals surface area contributed by atoms with Crippen molar-refractivity contribution in [1.82, 2.24) is 5.32 Å². The summed E-state index contributed by atoms with van der Waals surface area (Å²) in [4.78, 5) is 9.89. The van der Waals surface area contributed by atoms with Crippen LogP contribution in [0.15, 0.2) is 0 Å². The molecule has 1 heterocycles. The fourth-order valence-electron chi connectivity index (χ4n) is 2.62. The number of nitrogens with one attached hydrogen (secondary N) is 1. The number of rotatable bonds is 1. The Labute approximate surface area is 94.1 Å². The molecule has 1 saturated carbocycles. The molecule has 0 aromatic carbocycles. The summed E-state index contributed by atoms with van der Waals surface area (Å²) in [6.45, 7) is 0. The average molecular weight is 243 g/mol. The van der Waals surface area contributed by atoms with Crippen molar-refractivity contribution in [1.29, 1.82) is 0 Å². The van der Waals surface area contributed by atoms with Gasteiger partial charge in [0.25, 0.3) is 0 Å². The molecule has 88 valence electrons. The molecule has 1 aliphatic heterocycles. The van der Waals surface area contributed by atoms with Gasteiger partial charge in [0.1, 0.15) is 16.2 Å². The van der Waals surface area contributed by atoms with Gasteiger partial charge >= 0.3 is 5.97 Å². The van der Waals surface area contributed by atoms with Crippen LogP contribution in [0.2, 0.25) is 0 Å². The molecular weight excluding hydrogens is 230 g/mol. The second-order valence-corrected chi connectivity index (χ2v) is 6.67. The maximum atomic E-state index is 12.2. The van der Waals surface area contributed by atoms with E-state index in [-0.39, 0.29) is 0 Å². The normalized spacial score (nSPS) is 34.9. The van der Waals surface area contributed by atoms with Gasteiger partial charge < -0.3 is 5.11 Å². The molecule has 2 rings (SSSR count). The number of carboxylic acid groups (broad SMARTS) is 1. The van der Waals surface area contributed by atoms with E-state index in [1.54, 1.807) is 0 Å². The summed E-state index contributed by atoms with van der Waals surface area (Å²) in [6.07, 6.45) is 7.64. The Morgan fingerprint density at radius 2 is 2.00 bits per heavy atom. The Morgan fingerprint density at radius 3 is 2.38 bits per heavy atom. The summed E-state index contributed by atoms with van der Waals surface area (Å²) in [5, 5.41) is 10.4. The summed E-state index contributed by atoms with van der Waals surface area (Å²) in [5.41, 5.74) is 0. The van der Waals surface area contributed by atoms with E-state index >= 15 is 0 Å². The van der Waals surface area contributed by atoms with Crippen LogP contribution in [0.1, 0.15) is 25.7 Å². The van der Waals surface area contributed by atoms with Crippen LogP contribution in [-0.4, -0.2) is 35.7 Å². The third-order valence-corrected chi connectivity index (χ3v) is 6.13. The lowest BCUT2D eigenvalue weighted by Gasteiger charge is -2.22. The fraction of sp³-hybridized carbons (Fsp3) is 0.700. The summed E-state index contributed by atoms with van der Waals surface area (Å²) < 4.78 is 24.4. The highest BCUT2D eigenvalue weighted by atomic mass is 32.2. The maximum Gasteiger partial charge on any atom is 0.323 e. The molecule has 2 N–H and O–H groups in total. The highest BCUT2D eigenvalue weighted by Crippen LogP contribution is 2.42. The zero-order valence-electron chi connectivity index (χ0n) is 8.64. The quantitative estimate of drug-likeness (QED) is 0.619. The number of hydrogen-bond donors (Lipinski definition) is 2. The van der Waals surface area contributed by atoms with Crippen molar-refractivity contribution in [2.45, 2.75) is 41.8 Å². The van der Waals surface area contributed by atoms with E-state index in [2.05, 4.69) is 11.2 Å². The molecule has 6 heteroatoms. The zero-order chi connectivity index (χ0) is 12.0. The average Bonchev–Trinajstić information content (AvgIpc) is 2.74. The number of terminal acetylenes is 1. The first kappa shape index (κ1) is 11.4. The van der Waals surface area contributed by atoms with E-state index in [0.29, 0.717) is 12.8 Å². The molecule has 1 saturated heterocycles. The van der Waals surface area contributed by atoms with Crippen LogP contribution >= 0.6 is 0 Å². The Bertz CT molecular complexity index is 456. The van der Waals surface area contributed by atoms with E-state index in [0.717, 1.165) is 12.8 Å². The van der Waals surface area contributed by atoms with Crippen molar-refractivity contribution >= 4 is 15.8 Å². The number of carboxylic acids is 1. The topological polar surface area (TPSA) is 83.5 Å². The fourth-order valence-corrected chi connectivity index (χ4v) is 4.97. The molecule has 2 fully saturated rings. The van der Waals surface area contributed by atoms with Crippen molar-refractivity contribution in [3.63, 3.8) is 0 Å². The SMILES string of the molecule is C#CC1C(C(=O)O)NC2(CCCC2)S1(=O)=O. The van der Waals surface area contributed by atoms with Crippen LogP contribution in [0.3, 0.4) is 0 Å². The van der Waals surface area contributed by atoms with Crippen LogP contribution in [0.5, 0.6) is 0 Å². The van der Waals surface area contributed by atoms with Gasteiger partial charge in [-0.3, -0.25) is 10.1 Å². The molecular formula is C10H13NO4S. The second-order valence-electron chi connectivity index (χ2n) is 4.29. The predicted octanol–water partition coefficient (Wildman–Crippen LogP) is -0.270. The van der Waals surface area contributed by atoms with Gasteiger partial charge in [0.2, 0.25) is 0 Å². The molecule has 2 atom stereocenters. The largest absolute Gasteiger partial charge is 0.480 e. The second kappa shape index (κ2) is 3.47. The Balaban J connectivity index is 2.48. The summed E-state index contributed by atoms with van der Waals surface area (Å²) in [6, 6.07) is -1.17. The van der Waals surface area contributed by atoms with Crippen molar-refractivity contribution in [3.05, 3.63) is 0 Å². The molecule has 0 amide bonds. The first-order chi connectivity index (χ1) is 7.44. The molecule has 5 nitrogen and oxygen atoms in total. The Kier molecular flexibility index (Phi) is 2.48. The molecule has 0 radical (unpaired) electrons. The highest BCUT2D eigenvalue weighted by molar-refractivity contribution is 7.94. The molecule has 0 aromatic heterocycles. The van der Waals surface area contributed by atoms with E-state index < -0.39 is 32.0 Å². The molecule has 2 unspecified atom stereocenters. The van der Waals surface area contributed by atoms with Gasteiger partial charge in [0.05, 0.1) is 0 Å². The Hall–Kier alpha value is -1.06. The minimum Gasteiger partial charge on any atom is -0.480 e. The third-order valence-electron chi connectivity index (χ3n) is 3.44. The summed E-state index contributed by atoms with van der Waals surface area (Å²) >= 11 is 0. The van der Waals surface area contributed by atoms with Gasteiger partial charge in [-0.1, -0.05) is 18.8 Å². The lowest BCUT2D eigenvalue weighted by molar-refractivity contribution is -0.139. The van der Waals surface area contributed by atoms with E-state index in [9.17, 15) is 13.2 Å². The maximum absolute atomic E-state index is 12.2. The number of carbonyl (C=O) groups is 1. The van der Waals surface area contributed by atoms with Gasteiger partial charge in [0, 0.05) is 0 Å². The minimum atomic E-state index is -3.60. The van der Waals surface area contributed by atoms with Crippen molar-refractivity contribution in [3.8, 4) is 12.3 Å². The van der Waals surface area contributed by atoms with Crippen LogP contribution in [0.25, 0.3) is 0 Å². The molecule has 16 heavy (non-hydrogen) atoms. The highest BCUT2D eigenvalue weighted by Gasteiger charge is 2.60. The minimum absolute atomic E-state index is 0.456. The van der Waals surface area contributed by atoms with Crippen molar-refractivity contribution in [2.75, 3.05) is 0 Å². The van der Waals surface area contributed by atoms with Crippen molar-refractivity contribution < 1.29 is 18.3 Å². The lowest BCUT2D eigenvalue weighted by Crippen LogP contribution is -2.46. The third kappa shape index (κ3) is 1.28. The molecule has 0 aromatic rings.